The highest BCUT2D eigenvalue weighted by molar-refractivity contribution is 5.65. The van der Waals surface area contributed by atoms with Gasteiger partial charge in [-0.1, -0.05) is 97.9 Å². The Bertz CT molecular complexity index is 1340. The molecule has 5 rings (SSSR count). The summed E-state index contributed by atoms with van der Waals surface area (Å²) in [5, 5.41) is 9.53. The number of hydrogen-bond acceptors (Lipinski definition) is 5. The van der Waals surface area contributed by atoms with E-state index in [9.17, 15) is 5.11 Å². The second kappa shape index (κ2) is 12.7. The van der Waals surface area contributed by atoms with E-state index < -0.39 is 6.29 Å². The first kappa shape index (κ1) is 27.3. The molecular weight excluding hydrogens is 484 g/mol. The van der Waals surface area contributed by atoms with Crippen molar-refractivity contribution in [3.63, 3.8) is 0 Å². The van der Waals surface area contributed by atoms with Gasteiger partial charge < -0.3 is 20.3 Å². The first-order valence-corrected chi connectivity index (χ1v) is 13.7. The van der Waals surface area contributed by atoms with E-state index in [0.717, 1.165) is 46.5 Å². The maximum absolute atomic E-state index is 9.53. The molecule has 4 atom stereocenters. The number of aliphatic hydroxyl groups excluding tert-OH is 1. The van der Waals surface area contributed by atoms with E-state index in [-0.39, 0.29) is 24.7 Å². The van der Waals surface area contributed by atoms with Crippen molar-refractivity contribution in [1.29, 1.82) is 0 Å². The number of nitrogens with two attached hydrogens (primary N) is 1. The molecule has 1 heterocycles. The molecule has 1 fully saturated rings. The number of ether oxygens (including phenoxy) is 2. The third-order valence-electron chi connectivity index (χ3n) is 7.57. The van der Waals surface area contributed by atoms with Gasteiger partial charge in [-0.15, -0.1) is 0 Å². The Balaban J connectivity index is 1.42. The molecule has 202 valence electrons. The summed E-state index contributed by atoms with van der Waals surface area (Å²) in [7, 11) is 2.14. The number of likely N-dealkylation sites (N-methyl/N-ethyl adjacent to an activating group) is 1. The van der Waals surface area contributed by atoms with Crippen LogP contribution >= 0.6 is 0 Å². The molecule has 0 saturated carbocycles. The fraction of sp³-hybridized carbons (Fsp3) is 0.294. The van der Waals surface area contributed by atoms with Gasteiger partial charge >= 0.3 is 0 Å². The van der Waals surface area contributed by atoms with E-state index in [2.05, 4.69) is 91.7 Å². The second-order valence-corrected chi connectivity index (χ2v) is 10.5. The number of benzene rings is 4. The van der Waals surface area contributed by atoms with E-state index in [1.165, 1.54) is 5.56 Å². The minimum Gasteiger partial charge on any atom is -0.392 e. The standard InChI is InChI=1S/C34H38N2O3/c1-24-32(22-36(2)21-25-8-4-3-5-9-25)38-34(39-33(24)28-16-14-26(23-37)15-17-28)31-13-7-12-30(19-31)29-11-6-10-27(18-29)20-35/h3-19,24,32-34,37H,20-23,35H2,1-2H3. The van der Waals surface area contributed by atoms with Crippen LogP contribution in [0.25, 0.3) is 11.1 Å². The summed E-state index contributed by atoms with van der Waals surface area (Å²) < 4.78 is 13.4. The summed E-state index contributed by atoms with van der Waals surface area (Å²) in [6, 6.07) is 35.3. The van der Waals surface area contributed by atoms with Gasteiger partial charge in [0, 0.05) is 31.1 Å². The molecule has 1 saturated heterocycles. The molecule has 4 aromatic carbocycles. The van der Waals surface area contributed by atoms with Crippen molar-refractivity contribution in [3.05, 3.63) is 131 Å². The summed E-state index contributed by atoms with van der Waals surface area (Å²) in [5.74, 6) is 0.129. The van der Waals surface area contributed by atoms with Gasteiger partial charge in [0.25, 0.3) is 0 Å². The maximum Gasteiger partial charge on any atom is 0.184 e. The number of hydrogen-bond donors (Lipinski definition) is 2. The molecule has 3 N–H and O–H groups in total. The Morgan fingerprint density at radius 2 is 1.44 bits per heavy atom. The van der Waals surface area contributed by atoms with Crippen LogP contribution in [0.2, 0.25) is 0 Å². The summed E-state index contributed by atoms with van der Waals surface area (Å²) >= 11 is 0. The normalized spacial score (nSPS) is 21.3. The zero-order valence-electron chi connectivity index (χ0n) is 22.7. The first-order valence-electron chi connectivity index (χ1n) is 13.7. The van der Waals surface area contributed by atoms with Crippen molar-refractivity contribution in [3.8, 4) is 11.1 Å². The van der Waals surface area contributed by atoms with E-state index in [1.54, 1.807) is 0 Å². The zero-order chi connectivity index (χ0) is 27.2. The van der Waals surface area contributed by atoms with Crippen molar-refractivity contribution in [2.75, 3.05) is 13.6 Å². The van der Waals surface area contributed by atoms with Gasteiger partial charge in [0.1, 0.15) is 0 Å². The predicted molar refractivity (Wildman–Crippen MR) is 156 cm³/mol. The third-order valence-corrected chi connectivity index (χ3v) is 7.57. The van der Waals surface area contributed by atoms with Gasteiger partial charge in [0.05, 0.1) is 18.8 Å². The van der Waals surface area contributed by atoms with Gasteiger partial charge in [-0.2, -0.15) is 0 Å². The molecule has 0 aromatic heterocycles. The highest BCUT2D eigenvalue weighted by Crippen LogP contribution is 2.42. The lowest BCUT2D eigenvalue weighted by molar-refractivity contribution is -0.276. The lowest BCUT2D eigenvalue weighted by atomic mass is 9.90. The van der Waals surface area contributed by atoms with Crippen molar-refractivity contribution in [2.45, 2.75) is 45.1 Å². The summed E-state index contributed by atoms with van der Waals surface area (Å²) in [4.78, 5) is 2.32. The van der Waals surface area contributed by atoms with Crippen molar-refractivity contribution >= 4 is 0 Å². The largest absolute Gasteiger partial charge is 0.392 e. The van der Waals surface area contributed by atoms with Crippen LogP contribution in [0.4, 0.5) is 0 Å². The molecule has 0 spiro atoms. The van der Waals surface area contributed by atoms with Gasteiger partial charge in [-0.3, -0.25) is 4.90 Å². The molecule has 0 bridgehead atoms. The second-order valence-electron chi connectivity index (χ2n) is 10.5. The molecule has 0 radical (unpaired) electrons. The molecule has 0 aliphatic carbocycles. The minimum atomic E-state index is -0.503. The van der Waals surface area contributed by atoms with E-state index >= 15 is 0 Å². The Morgan fingerprint density at radius 1 is 0.744 bits per heavy atom. The van der Waals surface area contributed by atoms with Crippen LogP contribution in [0.1, 0.15) is 47.1 Å². The van der Waals surface area contributed by atoms with Crippen molar-refractivity contribution in [2.24, 2.45) is 11.7 Å². The molecule has 1 aliphatic rings. The molecule has 0 amide bonds. The van der Waals surface area contributed by atoms with Crippen LogP contribution < -0.4 is 5.73 Å². The Morgan fingerprint density at radius 3 is 2.15 bits per heavy atom. The fourth-order valence-electron chi connectivity index (χ4n) is 5.34. The Hall–Kier alpha value is -3.32. The molecule has 39 heavy (non-hydrogen) atoms. The van der Waals surface area contributed by atoms with Crippen LogP contribution in [0.5, 0.6) is 0 Å². The van der Waals surface area contributed by atoms with Crippen LogP contribution in [0.15, 0.2) is 103 Å². The van der Waals surface area contributed by atoms with Gasteiger partial charge in [-0.05, 0) is 52.6 Å². The fourth-order valence-corrected chi connectivity index (χ4v) is 5.34. The first-order chi connectivity index (χ1) is 19.0. The summed E-state index contributed by atoms with van der Waals surface area (Å²) in [6.45, 7) is 4.37. The number of nitrogens with zero attached hydrogens (tertiary/aromatic N) is 1. The predicted octanol–water partition coefficient (Wildman–Crippen LogP) is 6.23. The average molecular weight is 523 g/mol. The third kappa shape index (κ3) is 6.64. The van der Waals surface area contributed by atoms with Crippen LogP contribution in [-0.4, -0.2) is 29.7 Å². The highest BCUT2D eigenvalue weighted by atomic mass is 16.7. The average Bonchev–Trinajstić information content (AvgIpc) is 2.99. The molecule has 5 nitrogen and oxygen atoms in total. The smallest absolute Gasteiger partial charge is 0.184 e. The van der Waals surface area contributed by atoms with Crippen LogP contribution in [0.3, 0.4) is 0 Å². The van der Waals surface area contributed by atoms with E-state index in [0.29, 0.717) is 6.54 Å². The number of rotatable bonds is 9. The quantitative estimate of drug-likeness (QED) is 0.273. The highest BCUT2D eigenvalue weighted by Gasteiger charge is 2.38. The monoisotopic (exact) mass is 522 g/mol. The Kier molecular flexibility index (Phi) is 8.87. The van der Waals surface area contributed by atoms with E-state index in [1.807, 2.05) is 30.3 Å². The maximum atomic E-state index is 9.53. The van der Waals surface area contributed by atoms with Crippen molar-refractivity contribution in [1.82, 2.24) is 4.90 Å². The topological polar surface area (TPSA) is 68.0 Å². The molecule has 5 heteroatoms. The molecular formula is C34H38N2O3. The molecule has 1 aliphatic heterocycles. The van der Waals surface area contributed by atoms with Crippen molar-refractivity contribution < 1.29 is 14.6 Å². The summed E-state index contributed by atoms with van der Waals surface area (Å²) in [6.07, 6.45) is -0.684. The van der Waals surface area contributed by atoms with E-state index in [4.69, 9.17) is 15.2 Å². The minimum absolute atomic E-state index is 0.0259. The summed E-state index contributed by atoms with van der Waals surface area (Å²) in [5.41, 5.74) is 13.5. The lowest BCUT2D eigenvalue weighted by Crippen LogP contribution is -2.43. The van der Waals surface area contributed by atoms with Crippen LogP contribution in [-0.2, 0) is 29.2 Å². The van der Waals surface area contributed by atoms with Gasteiger partial charge in [-0.25, -0.2) is 0 Å². The zero-order valence-corrected chi connectivity index (χ0v) is 22.7. The molecule has 4 unspecified atom stereocenters. The Labute approximate surface area is 231 Å². The van der Waals surface area contributed by atoms with Gasteiger partial charge in [0.2, 0.25) is 0 Å². The number of aliphatic hydroxyl groups is 1. The lowest BCUT2D eigenvalue weighted by Gasteiger charge is -2.42. The SMILES string of the molecule is CC1C(CN(C)Cc2ccccc2)OC(c2cccc(-c3cccc(CN)c3)c2)OC1c1ccc(CO)cc1. The van der Waals surface area contributed by atoms with Crippen LogP contribution in [0, 0.1) is 5.92 Å². The van der Waals surface area contributed by atoms with Gasteiger partial charge in [0.15, 0.2) is 6.29 Å². The molecule has 4 aromatic rings.